The number of nitro benzene ring substituents is 1. The topological polar surface area (TPSA) is 109 Å². The van der Waals surface area contributed by atoms with Crippen LogP contribution in [0.5, 0.6) is 0 Å². The largest absolute Gasteiger partial charge is 0.457 e. The van der Waals surface area contributed by atoms with E-state index in [-0.39, 0.29) is 17.3 Å². The van der Waals surface area contributed by atoms with E-state index in [0.29, 0.717) is 17.1 Å². The molecule has 7 heteroatoms. The lowest BCUT2D eigenvalue weighted by Crippen LogP contribution is -2.33. The van der Waals surface area contributed by atoms with Gasteiger partial charge in [-0.05, 0) is 25.0 Å². The first kappa shape index (κ1) is 17.4. The number of carbonyl (C=O) groups is 1. The van der Waals surface area contributed by atoms with E-state index < -0.39 is 10.8 Å². The molecule has 3 rings (SSSR count). The molecule has 0 bridgehead atoms. The minimum atomic E-state index is -0.478. The number of nitro groups is 1. The molecule has 132 valence electrons. The van der Waals surface area contributed by atoms with Gasteiger partial charge in [0.15, 0.2) is 0 Å². The molecule has 2 aromatic rings. The van der Waals surface area contributed by atoms with Gasteiger partial charge in [0.05, 0.1) is 4.92 Å². The van der Waals surface area contributed by atoms with E-state index in [4.69, 9.17) is 4.42 Å². The van der Waals surface area contributed by atoms with Crippen LogP contribution in [0.15, 0.2) is 46.4 Å². The van der Waals surface area contributed by atoms with E-state index in [1.165, 1.54) is 18.2 Å². The molecule has 1 saturated carbocycles. The van der Waals surface area contributed by atoms with Crippen molar-refractivity contribution in [2.75, 3.05) is 0 Å². The Morgan fingerprint density at radius 1 is 1.31 bits per heavy atom. The second-order valence-corrected chi connectivity index (χ2v) is 6.13. The molecule has 26 heavy (non-hydrogen) atoms. The van der Waals surface area contributed by atoms with Crippen molar-refractivity contribution in [3.63, 3.8) is 0 Å². The first-order valence-corrected chi connectivity index (χ1v) is 8.34. The third kappa shape index (κ3) is 3.98. The summed E-state index contributed by atoms with van der Waals surface area (Å²) in [6.45, 7) is 0. The quantitative estimate of drug-likeness (QED) is 0.381. The number of hydrogen-bond acceptors (Lipinski definition) is 5. The molecule has 1 fully saturated rings. The van der Waals surface area contributed by atoms with Crippen LogP contribution in [0.25, 0.3) is 17.4 Å². The number of nitrogens with one attached hydrogen (secondary N) is 1. The molecule has 0 aliphatic heterocycles. The van der Waals surface area contributed by atoms with Crippen molar-refractivity contribution in [3.05, 3.63) is 57.8 Å². The maximum absolute atomic E-state index is 12.2. The van der Waals surface area contributed by atoms with Crippen molar-refractivity contribution >= 4 is 17.7 Å². The standard InChI is InChI=1S/C19H17N3O4/c20-12-14(19(23)21-15-5-1-2-6-15)11-17-8-9-18(26-17)13-4-3-7-16(10-13)22(24)25/h3-4,7-11,15H,1-2,5-6H2,(H,21,23)/b14-11-. The van der Waals surface area contributed by atoms with Crippen molar-refractivity contribution < 1.29 is 14.1 Å². The molecule has 0 spiro atoms. The molecule has 1 aromatic heterocycles. The van der Waals surface area contributed by atoms with Crippen molar-refractivity contribution in [2.45, 2.75) is 31.7 Å². The number of furan rings is 1. The molecule has 7 nitrogen and oxygen atoms in total. The zero-order valence-electron chi connectivity index (χ0n) is 14.0. The Morgan fingerprint density at radius 2 is 2.08 bits per heavy atom. The van der Waals surface area contributed by atoms with Gasteiger partial charge in [0.25, 0.3) is 11.6 Å². The van der Waals surface area contributed by atoms with E-state index in [2.05, 4.69) is 5.32 Å². The number of rotatable bonds is 5. The third-order valence-corrected chi connectivity index (χ3v) is 4.31. The van der Waals surface area contributed by atoms with E-state index in [9.17, 15) is 20.2 Å². The number of amides is 1. The molecule has 1 aromatic carbocycles. The van der Waals surface area contributed by atoms with Gasteiger partial charge < -0.3 is 9.73 Å². The third-order valence-electron chi connectivity index (χ3n) is 4.31. The van der Waals surface area contributed by atoms with Crippen LogP contribution in [-0.2, 0) is 4.79 Å². The van der Waals surface area contributed by atoms with Gasteiger partial charge in [0.2, 0.25) is 0 Å². The van der Waals surface area contributed by atoms with Crippen LogP contribution in [-0.4, -0.2) is 16.9 Å². The highest BCUT2D eigenvalue weighted by atomic mass is 16.6. The summed E-state index contributed by atoms with van der Waals surface area (Å²) in [5, 5.41) is 23.0. The average Bonchev–Trinajstić information content (AvgIpc) is 3.31. The molecule has 1 aliphatic carbocycles. The zero-order valence-corrected chi connectivity index (χ0v) is 14.0. The number of hydrogen-bond donors (Lipinski definition) is 1. The summed E-state index contributed by atoms with van der Waals surface area (Å²) in [6, 6.07) is 11.4. The SMILES string of the molecule is N#C/C(=C/c1ccc(-c2cccc([N+](=O)[O-])c2)o1)C(=O)NC1CCCC1. The van der Waals surface area contributed by atoms with Crippen molar-refractivity contribution in [2.24, 2.45) is 0 Å². The van der Waals surface area contributed by atoms with Crippen molar-refractivity contribution in [1.82, 2.24) is 5.32 Å². The van der Waals surface area contributed by atoms with Crippen LogP contribution >= 0.6 is 0 Å². The number of benzene rings is 1. The van der Waals surface area contributed by atoms with Gasteiger partial charge >= 0.3 is 0 Å². The normalized spacial score (nSPS) is 14.8. The lowest BCUT2D eigenvalue weighted by Gasteiger charge is -2.10. The molecular weight excluding hydrogens is 334 g/mol. The molecule has 1 amide bonds. The Hall–Kier alpha value is -3.40. The zero-order chi connectivity index (χ0) is 18.5. The van der Waals surface area contributed by atoms with Gasteiger partial charge in [-0.15, -0.1) is 0 Å². The van der Waals surface area contributed by atoms with E-state index in [0.717, 1.165) is 25.7 Å². The van der Waals surface area contributed by atoms with E-state index >= 15 is 0 Å². The number of nitrogens with zero attached hydrogens (tertiary/aromatic N) is 2. The minimum Gasteiger partial charge on any atom is -0.457 e. The van der Waals surface area contributed by atoms with Gasteiger partial charge in [-0.25, -0.2) is 0 Å². The maximum Gasteiger partial charge on any atom is 0.270 e. The van der Waals surface area contributed by atoms with Gasteiger partial charge in [0.1, 0.15) is 23.2 Å². The molecule has 0 saturated heterocycles. The Kier molecular flexibility index (Phi) is 5.13. The highest BCUT2D eigenvalue weighted by molar-refractivity contribution is 6.01. The summed E-state index contributed by atoms with van der Waals surface area (Å²) in [4.78, 5) is 22.6. The molecule has 0 radical (unpaired) electrons. The molecular formula is C19H17N3O4. The van der Waals surface area contributed by atoms with Gasteiger partial charge in [0, 0.05) is 29.8 Å². The van der Waals surface area contributed by atoms with Crippen LogP contribution < -0.4 is 5.32 Å². The highest BCUT2D eigenvalue weighted by Crippen LogP contribution is 2.26. The number of non-ortho nitro benzene ring substituents is 1. The first-order chi connectivity index (χ1) is 12.6. The summed E-state index contributed by atoms with van der Waals surface area (Å²) < 4.78 is 5.63. The van der Waals surface area contributed by atoms with E-state index in [1.54, 1.807) is 24.3 Å². The maximum atomic E-state index is 12.2. The summed E-state index contributed by atoms with van der Waals surface area (Å²) in [5.74, 6) is 0.353. The highest BCUT2D eigenvalue weighted by Gasteiger charge is 2.19. The predicted molar refractivity (Wildman–Crippen MR) is 94.8 cm³/mol. The van der Waals surface area contributed by atoms with E-state index in [1.807, 2.05) is 6.07 Å². The van der Waals surface area contributed by atoms with Crippen molar-refractivity contribution in [3.8, 4) is 17.4 Å². The fourth-order valence-corrected chi connectivity index (χ4v) is 2.98. The monoisotopic (exact) mass is 351 g/mol. The van der Waals surface area contributed by atoms with Crippen LogP contribution in [0.2, 0.25) is 0 Å². The lowest BCUT2D eigenvalue weighted by molar-refractivity contribution is -0.384. The Bertz CT molecular complexity index is 902. The molecule has 1 aliphatic rings. The first-order valence-electron chi connectivity index (χ1n) is 8.34. The van der Waals surface area contributed by atoms with Crippen LogP contribution in [0.1, 0.15) is 31.4 Å². The average molecular weight is 351 g/mol. The predicted octanol–water partition coefficient (Wildman–Crippen LogP) is 3.82. The molecule has 0 atom stereocenters. The number of nitriles is 1. The number of carbonyl (C=O) groups excluding carboxylic acids is 1. The fourth-order valence-electron chi connectivity index (χ4n) is 2.98. The summed E-state index contributed by atoms with van der Waals surface area (Å²) in [7, 11) is 0. The smallest absolute Gasteiger partial charge is 0.270 e. The summed E-state index contributed by atoms with van der Waals surface area (Å²) in [6.07, 6.45) is 5.41. The second-order valence-electron chi connectivity index (χ2n) is 6.13. The minimum absolute atomic E-state index is 0.0307. The lowest BCUT2D eigenvalue weighted by atomic mass is 10.1. The Morgan fingerprint density at radius 3 is 2.77 bits per heavy atom. The fraction of sp³-hybridized carbons (Fsp3) is 0.263. The molecule has 1 heterocycles. The van der Waals surface area contributed by atoms with Crippen LogP contribution in [0.3, 0.4) is 0 Å². The second kappa shape index (κ2) is 7.66. The van der Waals surface area contributed by atoms with Crippen molar-refractivity contribution in [1.29, 1.82) is 5.26 Å². The van der Waals surface area contributed by atoms with Gasteiger partial charge in [-0.3, -0.25) is 14.9 Å². The molecule has 1 N–H and O–H groups in total. The van der Waals surface area contributed by atoms with Crippen LogP contribution in [0.4, 0.5) is 5.69 Å². The molecule has 0 unspecified atom stereocenters. The Labute approximate surface area is 150 Å². The summed E-state index contributed by atoms with van der Waals surface area (Å²) >= 11 is 0. The summed E-state index contributed by atoms with van der Waals surface area (Å²) in [5.41, 5.74) is 0.481. The van der Waals surface area contributed by atoms with Gasteiger partial charge in [-0.2, -0.15) is 5.26 Å². The van der Waals surface area contributed by atoms with Crippen LogP contribution in [0, 0.1) is 21.4 Å². The van der Waals surface area contributed by atoms with Gasteiger partial charge in [-0.1, -0.05) is 25.0 Å². The Balaban J connectivity index is 1.78.